The van der Waals surface area contributed by atoms with Gasteiger partial charge in [0, 0.05) is 10.7 Å². The molecule has 13 heavy (non-hydrogen) atoms. The molecule has 1 aromatic rings. The van der Waals surface area contributed by atoms with E-state index in [0.29, 0.717) is 11.3 Å². The third-order valence-corrected chi connectivity index (χ3v) is 4.25. The highest BCUT2D eigenvalue weighted by Gasteiger charge is 2.21. The molecule has 0 spiro atoms. The fourth-order valence-electron chi connectivity index (χ4n) is 0.674. The summed E-state index contributed by atoms with van der Waals surface area (Å²) in [5, 5.41) is 8.58. The fraction of sp³-hybridized carbons (Fsp3) is 0.200. The van der Waals surface area contributed by atoms with Crippen molar-refractivity contribution in [2.45, 2.75) is 11.3 Å². The molecule has 0 aliphatic heterocycles. The third kappa shape index (κ3) is 2.17. The van der Waals surface area contributed by atoms with E-state index in [1.54, 1.807) is 0 Å². The maximum Gasteiger partial charge on any atom is 0.347 e. The van der Waals surface area contributed by atoms with Gasteiger partial charge in [-0.25, -0.2) is 18.2 Å². The molecule has 1 rings (SSSR count). The van der Waals surface area contributed by atoms with E-state index in [9.17, 15) is 13.2 Å². The fourth-order valence-corrected chi connectivity index (χ4v) is 2.59. The van der Waals surface area contributed by atoms with Gasteiger partial charge in [-0.05, 0) is 6.92 Å². The van der Waals surface area contributed by atoms with Crippen LogP contribution in [0.1, 0.15) is 15.4 Å². The number of nitrogens with zero attached hydrogens (tertiary/aromatic N) is 1. The van der Waals surface area contributed by atoms with Crippen LogP contribution in [0.5, 0.6) is 0 Å². The molecule has 0 aromatic carbocycles. The van der Waals surface area contributed by atoms with E-state index >= 15 is 0 Å². The molecule has 0 amide bonds. The van der Waals surface area contributed by atoms with Gasteiger partial charge < -0.3 is 5.11 Å². The number of hydrogen-bond donors (Lipinski definition) is 1. The molecule has 0 saturated carbocycles. The second kappa shape index (κ2) is 3.24. The molecule has 8 heteroatoms. The van der Waals surface area contributed by atoms with Crippen molar-refractivity contribution in [2.75, 3.05) is 0 Å². The number of carbonyl (C=O) groups is 1. The van der Waals surface area contributed by atoms with E-state index in [1.807, 2.05) is 0 Å². The van der Waals surface area contributed by atoms with Crippen LogP contribution in [0, 0.1) is 6.92 Å². The van der Waals surface area contributed by atoms with Crippen LogP contribution < -0.4 is 0 Å². The maximum atomic E-state index is 10.7. The number of aromatic carboxylic acids is 1. The number of aryl methyl sites for hydroxylation is 1. The molecular weight excluding hydrogens is 238 g/mol. The smallest absolute Gasteiger partial charge is 0.347 e. The zero-order valence-electron chi connectivity index (χ0n) is 6.31. The van der Waals surface area contributed by atoms with Crippen LogP contribution in [0.4, 0.5) is 0 Å². The Morgan fingerprint density at radius 3 is 2.38 bits per heavy atom. The van der Waals surface area contributed by atoms with Gasteiger partial charge in [0.15, 0.2) is 0 Å². The summed E-state index contributed by atoms with van der Waals surface area (Å²) in [6.07, 6.45) is 0. The van der Waals surface area contributed by atoms with Crippen molar-refractivity contribution < 1.29 is 18.3 Å². The Morgan fingerprint density at radius 2 is 2.15 bits per heavy atom. The Bertz CT molecular complexity index is 449. The lowest BCUT2D eigenvalue weighted by atomic mass is 10.4. The van der Waals surface area contributed by atoms with Crippen LogP contribution in [-0.4, -0.2) is 24.5 Å². The number of hydrogen-bond acceptors (Lipinski definition) is 5. The van der Waals surface area contributed by atoms with Gasteiger partial charge >= 0.3 is 5.97 Å². The van der Waals surface area contributed by atoms with E-state index < -0.39 is 15.0 Å². The average molecular weight is 242 g/mol. The lowest BCUT2D eigenvalue weighted by Gasteiger charge is -1.84. The molecule has 72 valence electrons. The van der Waals surface area contributed by atoms with Gasteiger partial charge in [0.05, 0.1) is 5.69 Å². The van der Waals surface area contributed by atoms with Gasteiger partial charge in [0.1, 0.15) is 4.88 Å². The lowest BCUT2D eigenvalue weighted by Crippen LogP contribution is -1.94. The van der Waals surface area contributed by atoms with Gasteiger partial charge in [0.2, 0.25) is 4.34 Å². The Kier molecular flexibility index (Phi) is 2.60. The molecule has 1 N–H and O–H groups in total. The molecule has 0 radical (unpaired) electrons. The van der Waals surface area contributed by atoms with Crippen molar-refractivity contribution in [2.24, 2.45) is 0 Å². The van der Waals surface area contributed by atoms with Gasteiger partial charge in [-0.3, -0.25) is 0 Å². The number of halogens is 1. The van der Waals surface area contributed by atoms with E-state index in [-0.39, 0.29) is 14.9 Å². The Morgan fingerprint density at radius 1 is 1.62 bits per heavy atom. The lowest BCUT2D eigenvalue weighted by molar-refractivity contribution is 0.0701. The number of carboxylic acid groups (broad SMARTS) is 1. The molecule has 0 fully saturated rings. The van der Waals surface area contributed by atoms with Gasteiger partial charge in [0.25, 0.3) is 9.05 Å². The molecule has 0 unspecified atom stereocenters. The summed E-state index contributed by atoms with van der Waals surface area (Å²) in [6.45, 7) is 1.41. The minimum atomic E-state index is -3.92. The highest BCUT2D eigenvalue weighted by molar-refractivity contribution is 8.14. The first kappa shape index (κ1) is 10.4. The van der Waals surface area contributed by atoms with Crippen LogP contribution in [0.2, 0.25) is 0 Å². The number of rotatable bonds is 2. The zero-order chi connectivity index (χ0) is 10.2. The van der Waals surface area contributed by atoms with Crippen LogP contribution in [0.15, 0.2) is 4.34 Å². The topological polar surface area (TPSA) is 84.3 Å². The molecule has 5 nitrogen and oxygen atoms in total. The number of carboxylic acids is 1. The Balaban J connectivity index is 3.33. The van der Waals surface area contributed by atoms with E-state index in [2.05, 4.69) is 4.98 Å². The molecule has 1 aromatic heterocycles. The average Bonchev–Trinajstić information content (AvgIpc) is 2.29. The normalized spacial score (nSPS) is 11.5. The quantitative estimate of drug-likeness (QED) is 0.783. The van der Waals surface area contributed by atoms with Crippen molar-refractivity contribution in [1.82, 2.24) is 4.98 Å². The van der Waals surface area contributed by atoms with Crippen molar-refractivity contribution in [3.05, 3.63) is 10.6 Å². The first-order valence-electron chi connectivity index (χ1n) is 2.97. The minimum Gasteiger partial charge on any atom is -0.477 e. The molecule has 0 bridgehead atoms. The second-order valence-electron chi connectivity index (χ2n) is 2.14. The van der Waals surface area contributed by atoms with Crippen LogP contribution in [0.3, 0.4) is 0 Å². The first-order chi connectivity index (χ1) is 5.82. The molecular formula is C5H4ClNO4S2. The van der Waals surface area contributed by atoms with Gasteiger partial charge in [-0.2, -0.15) is 0 Å². The highest BCUT2D eigenvalue weighted by Crippen LogP contribution is 2.24. The van der Waals surface area contributed by atoms with Crippen molar-refractivity contribution in [3.63, 3.8) is 0 Å². The molecule has 1 heterocycles. The van der Waals surface area contributed by atoms with E-state index in [4.69, 9.17) is 15.8 Å². The molecule has 0 atom stereocenters. The summed E-state index contributed by atoms with van der Waals surface area (Å²) < 4.78 is 21.1. The third-order valence-electron chi connectivity index (χ3n) is 1.18. The molecule has 0 aliphatic carbocycles. The largest absolute Gasteiger partial charge is 0.477 e. The zero-order valence-corrected chi connectivity index (χ0v) is 8.70. The minimum absolute atomic E-state index is 0.112. The highest BCUT2D eigenvalue weighted by atomic mass is 35.7. The Labute approximate surface area is 82.4 Å². The SMILES string of the molecule is Cc1nc(S(=O)(=O)Cl)sc1C(=O)O. The number of thiazole rings is 1. The monoisotopic (exact) mass is 241 g/mol. The molecule has 0 saturated heterocycles. The predicted molar refractivity (Wildman–Crippen MR) is 46.8 cm³/mol. The summed E-state index contributed by atoms with van der Waals surface area (Å²) in [4.78, 5) is 13.9. The summed E-state index contributed by atoms with van der Waals surface area (Å²) in [5.41, 5.74) is 0.150. The summed E-state index contributed by atoms with van der Waals surface area (Å²) in [5.74, 6) is -1.21. The van der Waals surface area contributed by atoms with E-state index in [1.165, 1.54) is 6.92 Å². The summed E-state index contributed by atoms with van der Waals surface area (Å²) >= 11 is 0.544. The van der Waals surface area contributed by atoms with Crippen molar-refractivity contribution >= 4 is 37.0 Å². The van der Waals surface area contributed by atoms with Crippen molar-refractivity contribution in [3.8, 4) is 0 Å². The van der Waals surface area contributed by atoms with Crippen LogP contribution >= 0.6 is 22.0 Å². The predicted octanol–water partition coefficient (Wildman–Crippen LogP) is 1.08. The standard InChI is InChI=1S/C5H4ClNO4S2/c1-2-3(4(8)9)12-5(7-2)13(6,10)11/h1H3,(H,8,9). The van der Waals surface area contributed by atoms with Crippen LogP contribution in [-0.2, 0) is 9.05 Å². The first-order valence-corrected chi connectivity index (χ1v) is 6.10. The number of aromatic nitrogens is 1. The summed E-state index contributed by atoms with van der Waals surface area (Å²) in [6, 6.07) is 0. The van der Waals surface area contributed by atoms with E-state index in [0.717, 1.165) is 0 Å². The maximum absolute atomic E-state index is 10.7. The van der Waals surface area contributed by atoms with Gasteiger partial charge in [-0.15, -0.1) is 0 Å². The second-order valence-corrected chi connectivity index (χ2v) is 5.88. The van der Waals surface area contributed by atoms with Gasteiger partial charge in [-0.1, -0.05) is 11.3 Å². The van der Waals surface area contributed by atoms with Crippen LogP contribution in [0.25, 0.3) is 0 Å². The summed E-state index contributed by atoms with van der Waals surface area (Å²) in [7, 11) is 1.05. The van der Waals surface area contributed by atoms with Crippen molar-refractivity contribution in [1.29, 1.82) is 0 Å². The Hall–Kier alpha value is -0.660. The molecule has 0 aliphatic rings.